The third-order valence-electron chi connectivity index (χ3n) is 0.679. The maximum absolute atomic E-state index is 9.52. The van der Waals surface area contributed by atoms with Crippen molar-refractivity contribution in [2.24, 2.45) is 5.73 Å². The Kier molecular flexibility index (Phi) is 4.23. The summed E-state index contributed by atoms with van der Waals surface area (Å²) in [4.78, 5) is 19.0. The van der Waals surface area contributed by atoms with Gasteiger partial charge in [-0.1, -0.05) is 0 Å². The predicted octanol–water partition coefficient (Wildman–Crippen LogP) is -1.46. The molecule has 10 heavy (non-hydrogen) atoms. The third kappa shape index (κ3) is 10.0. The van der Waals surface area contributed by atoms with E-state index >= 15 is 0 Å². The van der Waals surface area contributed by atoms with Crippen molar-refractivity contribution in [2.75, 3.05) is 13.1 Å². The molecular weight excluding hydrogens is 136 g/mol. The molecule has 0 aromatic heterocycles. The van der Waals surface area contributed by atoms with E-state index in [1.54, 1.807) is 0 Å². The highest BCUT2D eigenvalue weighted by Crippen LogP contribution is 1.72. The van der Waals surface area contributed by atoms with Gasteiger partial charge in [0.05, 0.1) is 13.0 Å². The minimum atomic E-state index is -0.836. The Bertz CT molecular complexity index is 129. The van der Waals surface area contributed by atoms with Crippen molar-refractivity contribution in [2.45, 2.75) is 6.42 Å². The third-order valence-corrected chi connectivity index (χ3v) is 0.679. The van der Waals surface area contributed by atoms with Gasteiger partial charge in [0.15, 0.2) is 0 Å². The summed E-state index contributed by atoms with van der Waals surface area (Å²) in [5.74, 6) is -0.669. The van der Waals surface area contributed by atoms with Crippen LogP contribution in [0.3, 0.4) is 0 Å². The van der Waals surface area contributed by atoms with Crippen LogP contribution in [0.1, 0.15) is 6.42 Å². The minimum absolute atomic E-state index is 0.0694. The second-order valence-corrected chi connectivity index (χ2v) is 1.71. The number of rotatable bonds is 2. The van der Waals surface area contributed by atoms with E-state index < -0.39 is 5.97 Å². The zero-order chi connectivity index (χ0) is 7.98. The van der Waals surface area contributed by atoms with E-state index in [0.29, 0.717) is 6.54 Å². The van der Waals surface area contributed by atoms with Crippen LogP contribution in [0.25, 0.3) is 0 Å². The van der Waals surface area contributed by atoms with Gasteiger partial charge in [-0.15, -0.1) is 0 Å². The Morgan fingerprint density at radius 1 is 1.80 bits per heavy atom. The number of nitrogens with one attached hydrogen (secondary N) is 1. The maximum Gasteiger partial charge on any atom is 0.304 e. The Morgan fingerprint density at radius 3 is 2.20 bits per heavy atom. The fourth-order valence-electron chi connectivity index (χ4n) is 0.160. The summed E-state index contributed by atoms with van der Waals surface area (Å²) in [7, 11) is 0. The lowest BCUT2D eigenvalue weighted by atomic mass is 10.5. The average Bonchev–Trinajstić information content (AvgIpc) is 2.52. The summed E-state index contributed by atoms with van der Waals surface area (Å²) in [5, 5.41) is 10.3. The monoisotopic (exact) mass is 146 g/mol. The molecule has 1 amide bonds. The quantitative estimate of drug-likeness (QED) is 0.414. The molecule has 5 heteroatoms. The Morgan fingerprint density at radius 2 is 2.20 bits per heavy atom. The fraction of sp³-hybridized carbons (Fsp3) is 0.600. The number of carbonyl (C=O) groups is 2. The van der Waals surface area contributed by atoms with Gasteiger partial charge in [-0.2, -0.15) is 0 Å². The van der Waals surface area contributed by atoms with Crippen LogP contribution in [0.15, 0.2) is 0 Å². The second-order valence-electron chi connectivity index (χ2n) is 1.71. The fourth-order valence-corrected chi connectivity index (χ4v) is 0.160. The van der Waals surface area contributed by atoms with Gasteiger partial charge >= 0.3 is 5.97 Å². The summed E-state index contributed by atoms with van der Waals surface area (Å²) in [6.07, 6.45) is 0.0694. The molecule has 0 spiro atoms. The Hall–Kier alpha value is -1.10. The standard InChI is InChI=1S/C3H7NO2.C2H3NO/c4-2-1-3(5)6;4-2-1-3-2/h1-2,4H2,(H,5,6);1H2,(H,3,4). The summed E-state index contributed by atoms with van der Waals surface area (Å²) < 4.78 is 0. The number of carboxylic acids is 1. The van der Waals surface area contributed by atoms with Gasteiger partial charge in [-0.3, -0.25) is 9.59 Å². The van der Waals surface area contributed by atoms with Crippen molar-refractivity contribution in [1.29, 1.82) is 0 Å². The number of carboxylic acid groups (broad SMARTS) is 1. The zero-order valence-corrected chi connectivity index (χ0v) is 5.46. The van der Waals surface area contributed by atoms with Crippen LogP contribution in [-0.4, -0.2) is 30.1 Å². The van der Waals surface area contributed by atoms with Crippen molar-refractivity contribution in [1.82, 2.24) is 5.32 Å². The van der Waals surface area contributed by atoms with Crippen LogP contribution in [0.5, 0.6) is 0 Å². The smallest absolute Gasteiger partial charge is 0.304 e. The van der Waals surface area contributed by atoms with Crippen LogP contribution in [0, 0.1) is 0 Å². The number of hydrogen-bond donors (Lipinski definition) is 3. The van der Waals surface area contributed by atoms with Gasteiger partial charge in [0.25, 0.3) is 0 Å². The molecule has 0 unspecified atom stereocenters. The van der Waals surface area contributed by atoms with Crippen LogP contribution in [-0.2, 0) is 9.59 Å². The van der Waals surface area contributed by atoms with Gasteiger partial charge in [-0.05, 0) is 0 Å². The summed E-state index contributed by atoms with van der Waals surface area (Å²) in [6.45, 7) is 0.829. The number of hydrogen-bond acceptors (Lipinski definition) is 3. The molecular formula is C5H10N2O3. The van der Waals surface area contributed by atoms with E-state index in [-0.39, 0.29) is 18.9 Å². The maximum atomic E-state index is 9.52. The van der Waals surface area contributed by atoms with Gasteiger partial charge in [0.2, 0.25) is 5.91 Å². The topological polar surface area (TPSA) is 102 Å². The van der Waals surface area contributed by atoms with E-state index in [2.05, 4.69) is 5.32 Å². The first-order valence-electron chi connectivity index (χ1n) is 2.85. The predicted molar refractivity (Wildman–Crippen MR) is 34.3 cm³/mol. The highest BCUT2D eigenvalue weighted by Gasteiger charge is 2.10. The molecule has 1 saturated heterocycles. The van der Waals surface area contributed by atoms with Crippen LogP contribution in [0.4, 0.5) is 0 Å². The zero-order valence-electron chi connectivity index (χ0n) is 5.46. The Labute approximate surface area is 58.2 Å². The number of amides is 1. The van der Waals surface area contributed by atoms with Crippen molar-refractivity contribution < 1.29 is 14.7 Å². The SMILES string of the molecule is NCCC(=O)O.O=C1CN1. The molecule has 0 aromatic rings. The van der Waals surface area contributed by atoms with Gasteiger partial charge in [0.1, 0.15) is 0 Å². The van der Waals surface area contributed by atoms with Crippen molar-refractivity contribution in [3.63, 3.8) is 0 Å². The molecule has 1 aliphatic heterocycles. The summed E-state index contributed by atoms with van der Waals surface area (Å²) in [6, 6.07) is 0. The van der Waals surface area contributed by atoms with Crippen molar-refractivity contribution >= 4 is 11.9 Å². The van der Waals surface area contributed by atoms with E-state index in [4.69, 9.17) is 10.8 Å². The normalized spacial score (nSPS) is 12.7. The molecule has 0 saturated carbocycles. The van der Waals surface area contributed by atoms with Crippen LogP contribution < -0.4 is 11.1 Å². The van der Waals surface area contributed by atoms with E-state index in [0.717, 1.165) is 0 Å². The van der Waals surface area contributed by atoms with Crippen molar-refractivity contribution in [3.8, 4) is 0 Å². The molecule has 1 heterocycles. The molecule has 0 bridgehead atoms. The van der Waals surface area contributed by atoms with E-state index in [1.807, 2.05) is 0 Å². The molecule has 1 aliphatic rings. The van der Waals surface area contributed by atoms with Gasteiger partial charge < -0.3 is 16.2 Å². The molecule has 0 aliphatic carbocycles. The van der Waals surface area contributed by atoms with Crippen LogP contribution in [0.2, 0.25) is 0 Å². The summed E-state index contributed by atoms with van der Waals surface area (Å²) >= 11 is 0. The van der Waals surface area contributed by atoms with Crippen molar-refractivity contribution in [3.05, 3.63) is 0 Å². The first-order valence-corrected chi connectivity index (χ1v) is 2.85. The molecule has 0 radical (unpaired) electrons. The van der Waals surface area contributed by atoms with Gasteiger partial charge in [-0.25, -0.2) is 0 Å². The van der Waals surface area contributed by atoms with E-state index in [1.165, 1.54) is 0 Å². The van der Waals surface area contributed by atoms with Gasteiger partial charge in [0, 0.05) is 6.54 Å². The molecule has 58 valence electrons. The lowest BCUT2D eigenvalue weighted by molar-refractivity contribution is -0.136. The Balaban J connectivity index is 0.000000172. The highest BCUT2D eigenvalue weighted by molar-refractivity contribution is 5.91. The number of nitrogens with two attached hydrogens (primary N) is 1. The van der Waals surface area contributed by atoms with E-state index in [9.17, 15) is 9.59 Å². The largest absolute Gasteiger partial charge is 0.481 e. The van der Waals surface area contributed by atoms with Crippen LogP contribution >= 0.6 is 0 Å². The second kappa shape index (κ2) is 4.75. The summed E-state index contributed by atoms with van der Waals surface area (Å²) in [5.41, 5.74) is 4.85. The molecule has 5 nitrogen and oxygen atoms in total. The molecule has 1 fully saturated rings. The average molecular weight is 146 g/mol. The molecule has 1 rings (SSSR count). The molecule has 0 aromatic carbocycles. The molecule has 0 atom stereocenters. The first kappa shape index (κ1) is 8.90. The molecule has 4 N–H and O–H groups in total. The lowest BCUT2D eigenvalue weighted by Gasteiger charge is -1.80. The number of carbonyl (C=O) groups excluding carboxylic acids is 1. The first-order chi connectivity index (χ1) is 4.66. The highest BCUT2D eigenvalue weighted by atomic mass is 16.4. The lowest BCUT2D eigenvalue weighted by Crippen LogP contribution is -2.05. The number of aliphatic carboxylic acids is 1. The minimum Gasteiger partial charge on any atom is -0.481 e.